The highest BCUT2D eigenvalue weighted by Gasteiger charge is 2.15. The van der Waals surface area contributed by atoms with E-state index in [2.05, 4.69) is 5.43 Å². The molecule has 1 aromatic heterocycles. The Morgan fingerprint density at radius 3 is 2.72 bits per heavy atom. The Hall–Kier alpha value is -1.07. The molecule has 0 bridgehead atoms. The van der Waals surface area contributed by atoms with Gasteiger partial charge < -0.3 is 4.74 Å². The highest BCUT2D eigenvalue weighted by atomic mass is 35.5. The third kappa shape index (κ3) is 2.67. The van der Waals surface area contributed by atoms with Crippen molar-refractivity contribution in [3.05, 3.63) is 50.7 Å². The lowest BCUT2D eigenvalue weighted by Crippen LogP contribution is -2.28. The van der Waals surface area contributed by atoms with E-state index in [4.69, 9.17) is 22.2 Å². The van der Waals surface area contributed by atoms with Gasteiger partial charge in [-0.05, 0) is 30.2 Å². The molecule has 0 spiro atoms. The summed E-state index contributed by atoms with van der Waals surface area (Å²) in [5, 5.41) is 2.70. The molecule has 0 radical (unpaired) electrons. The summed E-state index contributed by atoms with van der Waals surface area (Å²) in [5.41, 5.74) is 4.91. The lowest BCUT2D eigenvalue weighted by atomic mass is 10.0. The fourth-order valence-electron chi connectivity index (χ4n) is 1.72. The summed E-state index contributed by atoms with van der Waals surface area (Å²) >= 11 is 7.75. The van der Waals surface area contributed by atoms with Gasteiger partial charge in [0.05, 0.1) is 13.2 Å². The number of thiophene rings is 1. The highest BCUT2D eigenvalue weighted by molar-refractivity contribution is 7.10. The van der Waals surface area contributed by atoms with Crippen LogP contribution in [0.3, 0.4) is 0 Å². The molecule has 1 heterocycles. The van der Waals surface area contributed by atoms with Gasteiger partial charge in [-0.25, -0.2) is 5.43 Å². The van der Waals surface area contributed by atoms with Crippen molar-refractivity contribution in [3.63, 3.8) is 0 Å². The molecule has 0 saturated carbocycles. The van der Waals surface area contributed by atoms with Gasteiger partial charge in [0.15, 0.2) is 0 Å². The zero-order chi connectivity index (χ0) is 13.1. The normalized spacial score (nSPS) is 12.4. The van der Waals surface area contributed by atoms with Gasteiger partial charge in [0.25, 0.3) is 0 Å². The van der Waals surface area contributed by atoms with Gasteiger partial charge in [0.1, 0.15) is 5.75 Å². The molecule has 96 valence electrons. The third-order valence-corrected chi connectivity index (χ3v) is 4.19. The summed E-state index contributed by atoms with van der Waals surface area (Å²) in [6, 6.07) is 7.86. The van der Waals surface area contributed by atoms with Crippen molar-refractivity contribution in [1.82, 2.24) is 5.43 Å². The Balaban J connectivity index is 2.35. The number of rotatable bonds is 4. The van der Waals surface area contributed by atoms with Gasteiger partial charge in [-0.3, -0.25) is 5.84 Å². The number of ether oxygens (including phenoxy) is 1. The SMILES string of the molecule is COc1csc(C(NN)c2ccc(C)c(Cl)c2)c1. The molecule has 0 aliphatic carbocycles. The molecular formula is C13H15ClN2OS. The van der Waals surface area contributed by atoms with Gasteiger partial charge in [-0.1, -0.05) is 23.7 Å². The van der Waals surface area contributed by atoms with Crippen LogP contribution in [0, 0.1) is 6.92 Å². The predicted molar refractivity (Wildman–Crippen MR) is 76.2 cm³/mol. The number of hydrogen-bond donors (Lipinski definition) is 2. The van der Waals surface area contributed by atoms with Crippen LogP contribution < -0.4 is 16.0 Å². The van der Waals surface area contributed by atoms with Crippen molar-refractivity contribution in [2.75, 3.05) is 7.11 Å². The van der Waals surface area contributed by atoms with Crippen molar-refractivity contribution in [1.29, 1.82) is 0 Å². The van der Waals surface area contributed by atoms with E-state index in [1.165, 1.54) is 0 Å². The second kappa shape index (κ2) is 5.71. The molecule has 0 aliphatic heterocycles. The summed E-state index contributed by atoms with van der Waals surface area (Å²) in [7, 11) is 1.65. The molecule has 0 aliphatic rings. The molecule has 5 heteroatoms. The van der Waals surface area contributed by atoms with Crippen LogP contribution in [0.4, 0.5) is 0 Å². The predicted octanol–water partition coefficient (Wildman–Crippen LogP) is 3.27. The Morgan fingerprint density at radius 2 is 2.17 bits per heavy atom. The van der Waals surface area contributed by atoms with Crippen LogP contribution in [0.5, 0.6) is 5.75 Å². The Bertz CT molecular complexity index is 542. The zero-order valence-electron chi connectivity index (χ0n) is 10.2. The van der Waals surface area contributed by atoms with E-state index in [0.29, 0.717) is 0 Å². The topological polar surface area (TPSA) is 47.3 Å². The molecular weight excluding hydrogens is 268 g/mol. The summed E-state index contributed by atoms with van der Waals surface area (Å²) in [6.07, 6.45) is 0. The maximum atomic E-state index is 6.14. The number of hydrogen-bond acceptors (Lipinski definition) is 4. The first-order valence-electron chi connectivity index (χ1n) is 5.50. The molecule has 1 atom stereocenters. The van der Waals surface area contributed by atoms with Gasteiger partial charge in [0.2, 0.25) is 0 Å². The molecule has 0 fully saturated rings. The van der Waals surface area contributed by atoms with Crippen LogP contribution in [0.1, 0.15) is 22.0 Å². The Labute approximate surface area is 116 Å². The van der Waals surface area contributed by atoms with Crippen LogP contribution in [-0.4, -0.2) is 7.11 Å². The summed E-state index contributed by atoms with van der Waals surface area (Å²) in [6.45, 7) is 1.98. The van der Waals surface area contributed by atoms with E-state index >= 15 is 0 Å². The van der Waals surface area contributed by atoms with E-state index in [-0.39, 0.29) is 6.04 Å². The number of benzene rings is 1. The van der Waals surface area contributed by atoms with E-state index < -0.39 is 0 Å². The first kappa shape index (κ1) is 13.4. The molecule has 2 rings (SSSR count). The van der Waals surface area contributed by atoms with Gasteiger partial charge >= 0.3 is 0 Å². The monoisotopic (exact) mass is 282 g/mol. The fraction of sp³-hybridized carbons (Fsp3) is 0.231. The smallest absolute Gasteiger partial charge is 0.129 e. The largest absolute Gasteiger partial charge is 0.496 e. The van der Waals surface area contributed by atoms with E-state index in [9.17, 15) is 0 Å². The van der Waals surface area contributed by atoms with Crippen molar-refractivity contribution < 1.29 is 4.74 Å². The van der Waals surface area contributed by atoms with Crippen molar-refractivity contribution in [2.45, 2.75) is 13.0 Å². The number of hydrazine groups is 1. The minimum Gasteiger partial charge on any atom is -0.496 e. The first-order valence-corrected chi connectivity index (χ1v) is 6.76. The number of nitrogens with one attached hydrogen (secondary N) is 1. The summed E-state index contributed by atoms with van der Waals surface area (Å²) in [4.78, 5) is 1.09. The Kier molecular flexibility index (Phi) is 4.24. The molecule has 1 unspecified atom stereocenters. The lowest BCUT2D eigenvalue weighted by Gasteiger charge is -2.15. The number of aryl methyl sites for hydroxylation is 1. The maximum Gasteiger partial charge on any atom is 0.129 e. The van der Waals surface area contributed by atoms with E-state index in [1.807, 2.05) is 36.6 Å². The first-order chi connectivity index (χ1) is 8.65. The molecule has 2 aromatic rings. The minimum absolute atomic E-state index is 0.0722. The standard InChI is InChI=1S/C13H15ClN2OS/c1-8-3-4-9(5-11(8)14)13(16-15)12-6-10(17-2)7-18-12/h3-7,13,16H,15H2,1-2H3. The third-order valence-electron chi connectivity index (χ3n) is 2.81. The van der Waals surface area contributed by atoms with Crippen LogP contribution >= 0.6 is 22.9 Å². The fourth-order valence-corrected chi connectivity index (χ4v) is 2.85. The molecule has 3 N–H and O–H groups in total. The maximum absolute atomic E-state index is 6.14. The van der Waals surface area contributed by atoms with E-state index in [0.717, 1.165) is 26.8 Å². The van der Waals surface area contributed by atoms with Crippen molar-refractivity contribution in [2.24, 2.45) is 5.84 Å². The summed E-state index contributed by atoms with van der Waals surface area (Å²) in [5.74, 6) is 6.49. The second-order valence-corrected chi connectivity index (χ2v) is 5.35. The highest BCUT2D eigenvalue weighted by Crippen LogP contribution is 2.32. The molecule has 0 saturated heterocycles. The summed E-state index contributed by atoms with van der Waals surface area (Å²) < 4.78 is 5.18. The number of nitrogens with two attached hydrogens (primary N) is 1. The van der Waals surface area contributed by atoms with Gasteiger partial charge in [0, 0.05) is 15.3 Å². The molecule has 1 aromatic carbocycles. The average molecular weight is 283 g/mol. The number of methoxy groups -OCH3 is 1. The van der Waals surface area contributed by atoms with Crippen molar-refractivity contribution in [3.8, 4) is 5.75 Å². The number of halogens is 1. The van der Waals surface area contributed by atoms with Gasteiger partial charge in [-0.15, -0.1) is 11.3 Å². The van der Waals surface area contributed by atoms with Crippen LogP contribution in [0.15, 0.2) is 29.6 Å². The molecule has 3 nitrogen and oxygen atoms in total. The Morgan fingerprint density at radius 1 is 1.39 bits per heavy atom. The second-order valence-electron chi connectivity index (χ2n) is 4.00. The molecule has 18 heavy (non-hydrogen) atoms. The van der Waals surface area contributed by atoms with Crippen LogP contribution in [0.25, 0.3) is 0 Å². The minimum atomic E-state index is -0.0722. The quantitative estimate of drug-likeness (QED) is 0.668. The van der Waals surface area contributed by atoms with Crippen molar-refractivity contribution >= 4 is 22.9 Å². The van der Waals surface area contributed by atoms with E-state index in [1.54, 1.807) is 18.4 Å². The van der Waals surface area contributed by atoms with Crippen LogP contribution in [0.2, 0.25) is 5.02 Å². The van der Waals surface area contributed by atoms with Gasteiger partial charge in [-0.2, -0.15) is 0 Å². The lowest BCUT2D eigenvalue weighted by molar-refractivity contribution is 0.416. The molecule has 0 amide bonds. The average Bonchev–Trinajstić information content (AvgIpc) is 2.83. The van der Waals surface area contributed by atoms with Crippen LogP contribution in [-0.2, 0) is 0 Å². The zero-order valence-corrected chi connectivity index (χ0v) is 11.8.